The van der Waals surface area contributed by atoms with Gasteiger partial charge in [0.1, 0.15) is 6.33 Å². The molecule has 0 spiro atoms. The van der Waals surface area contributed by atoms with Crippen molar-refractivity contribution < 1.29 is 8.42 Å². The van der Waals surface area contributed by atoms with Crippen molar-refractivity contribution >= 4 is 15.7 Å². The average molecular weight is 306 g/mol. The van der Waals surface area contributed by atoms with E-state index in [1.165, 1.54) is 18.7 Å². The van der Waals surface area contributed by atoms with Gasteiger partial charge in [-0.25, -0.2) is 18.4 Å². The summed E-state index contributed by atoms with van der Waals surface area (Å²) in [6, 6.07) is 7.17. The molecule has 0 radical (unpaired) electrons. The number of hydrogen-bond acceptors (Lipinski definition) is 5. The van der Waals surface area contributed by atoms with Crippen molar-refractivity contribution in [3.05, 3.63) is 48.5 Å². The van der Waals surface area contributed by atoms with E-state index in [1.54, 1.807) is 18.2 Å². The normalized spacial score (nSPS) is 11.6. The predicted octanol–water partition coefficient (Wildman–Crippen LogP) is 1.78. The minimum atomic E-state index is -3.63. The first-order valence-electron chi connectivity index (χ1n) is 6.57. The number of sulfonamides is 1. The Morgan fingerprint density at radius 1 is 1.19 bits per heavy atom. The number of benzene rings is 1. The zero-order valence-electron chi connectivity index (χ0n) is 11.9. The highest BCUT2D eigenvalue weighted by Gasteiger charge is 2.14. The minimum absolute atomic E-state index is 0.217. The summed E-state index contributed by atoms with van der Waals surface area (Å²) >= 11 is 0. The smallest absolute Gasteiger partial charge is 0.262 e. The van der Waals surface area contributed by atoms with Crippen LogP contribution in [-0.2, 0) is 16.6 Å². The molecule has 0 aliphatic heterocycles. The third kappa shape index (κ3) is 4.51. The van der Waals surface area contributed by atoms with Crippen molar-refractivity contribution in [3.63, 3.8) is 0 Å². The molecule has 112 valence electrons. The molecule has 2 aromatic rings. The van der Waals surface area contributed by atoms with Gasteiger partial charge in [0, 0.05) is 12.6 Å². The largest absolute Gasteiger partial charge is 0.310 e. The maximum Gasteiger partial charge on any atom is 0.262 e. The fraction of sp³-hybridized carbons (Fsp3) is 0.286. The van der Waals surface area contributed by atoms with Crippen LogP contribution in [0.15, 0.2) is 47.9 Å². The van der Waals surface area contributed by atoms with E-state index >= 15 is 0 Å². The third-order valence-corrected chi connectivity index (χ3v) is 4.11. The van der Waals surface area contributed by atoms with Crippen LogP contribution in [0.3, 0.4) is 0 Å². The standard InChI is InChI=1S/C14H18N4O2S/c1-11(2)17-7-12-4-3-5-14(6-12)21(19,20)18-13-8-15-10-16-9-13/h3-6,8-11,17-18H,7H2,1-2H3. The van der Waals surface area contributed by atoms with E-state index in [4.69, 9.17) is 0 Å². The molecule has 0 aliphatic carbocycles. The second kappa shape index (κ2) is 6.64. The minimum Gasteiger partial charge on any atom is -0.310 e. The molecule has 0 atom stereocenters. The first-order chi connectivity index (χ1) is 9.97. The van der Waals surface area contributed by atoms with Crippen molar-refractivity contribution in [1.82, 2.24) is 15.3 Å². The number of anilines is 1. The summed E-state index contributed by atoms with van der Waals surface area (Å²) in [6.07, 6.45) is 4.17. The summed E-state index contributed by atoms with van der Waals surface area (Å²) in [4.78, 5) is 7.78. The van der Waals surface area contributed by atoms with Crippen molar-refractivity contribution in [2.75, 3.05) is 4.72 Å². The van der Waals surface area contributed by atoms with Gasteiger partial charge in [-0.2, -0.15) is 0 Å². The molecule has 0 aliphatic rings. The van der Waals surface area contributed by atoms with Crippen LogP contribution in [0.1, 0.15) is 19.4 Å². The Morgan fingerprint density at radius 2 is 1.90 bits per heavy atom. The number of aromatic nitrogens is 2. The maximum atomic E-state index is 12.3. The van der Waals surface area contributed by atoms with Gasteiger partial charge in [-0.3, -0.25) is 4.72 Å². The lowest BCUT2D eigenvalue weighted by Gasteiger charge is -2.11. The van der Waals surface area contributed by atoms with Gasteiger partial charge in [-0.15, -0.1) is 0 Å². The highest BCUT2D eigenvalue weighted by atomic mass is 32.2. The first-order valence-corrected chi connectivity index (χ1v) is 8.06. The highest BCUT2D eigenvalue weighted by Crippen LogP contribution is 2.16. The van der Waals surface area contributed by atoms with E-state index in [-0.39, 0.29) is 4.90 Å². The molecule has 2 N–H and O–H groups in total. The lowest BCUT2D eigenvalue weighted by molar-refractivity contribution is 0.587. The molecule has 7 heteroatoms. The van der Waals surface area contributed by atoms with E-state index in [9.17, 15) is 8.42 Å². The Morgan fingerprint density at radius 3 is 2.57 bits per heavy atom. The lowest BCUT2D eigenvalue weighted by atomic mass is 10.2. The molecule has 0 bridgehead atoms. The third-order valence-electron chi connectivity index (χ3n) is 2.74. The van der Waals surface area contributed by atoms with E-state index in [0.717, 1.165) is 5.56 Å². The zero-order chi connectivity index (χ0) is 15.3. The Labute approximate surface area is 124 Å². The summed E-state index contributed by atoms with van der Waals surface area (Å²) in [5, 5.41) is 3.25. The lowest BCUT2D eigenvalue weighted by Crippen LogP contribution is -2.22. The summed E-state index contributed by atoms with van der Waals surface area (Å²) in [5.74, 6) is 0. The van der Waals surface area contributed by atoms with Crippen LogP contribution < -0.4 is 10.0 Å². The van der Waals surface area contributed by atoms with Gasteiger partial charge in [-0.05, 0) is 17.7 Å². The summed E-state index contributed by atoms with van der Waals surface area (Å²) < 4.78 is 27.1. The molecule has 0 saturated carbocycles. The van der Waals surface area contributed by atoms with Crippen LogP contribution >= 0.6 is 0 Å². The molecule has 0 unspecified atom stereocenters. The van der Waals surface area contributed by atoms with Gasteiger partial charge in [-0.1, -0.05) is 26.0 Å². The van der Waals surface area contributed by atoms with Crippen LogP contribution in [0.2, 0.25) is 0 Å². The summed E-state index contributed by atoms with van der Waals surface area (Å²) in [5.41, 5.74) is 1.25. The summed E-state index contributed by atoms with van der Waals surface area (Å²) in [6.45, 7) is 4.70. The van der Waals surface area contributed by atoms with E-state index in [0.29, 0.717) is 18.3 Å². The maximum absolute atomic E-state index is 12.3. The van der Waals surface area contributed by atoms with Gasteiger partial charge >= 0.3 is 0 Å². The molecule has 1 heterocycles. The first kappa shape index (κ1) is 15.4. The Kier molecular flexibility index (Phi) is 4.87. The van der Waals surface area contributed by atoms with Crippen molar-refractivity contribution in [3.8, 4) is 0 Å². The van der Waals surface area contributed by atoms with E-state index in [2.05, 4.69) is 20.0 Å². The van der Waals surface area contributed by atoms with E-state index in [1.807, 2.05) is 19.9 Å². The van der Waals surface area contributed by atoms with Gasteiger partial charge in [0.25, 0.3) is 10.0 Å². The molecular weight excluding hydrogens is 288 g/mol. The zero-order valence-corrected chi connectivity index (χ0v) is 12.8. The quantitative estimate of drug-likeness (QED) is 0.850. The van der Waals surface area contributed by atoms with E-state index < -0.39 is 10.0 Å². The molecule has 2 rings (SSSR count). The number of nitrogens with zero attached hydrogens (tertiary/aromatic N) is 2. The average Bonchev–Trinajstić information content (AvgIpc) is 2.46. The second-order valence-electron chi connectivity index (χ2n) is 4.92. The SMILES string of the molecule is CC(C)NCc1cccc(S(=O)(=O)Nc2cncnc2)c1. The van der Waals surface area contributed by atoms with Gasteiger partial charge in [0.2, 0.25) is 0 Å². The molecule has 6 nitrogen and oxygen atoms in total. The van der Waals surface area contributed by atoms with Crippen LogP contribution in [0.25, 0.3) is 0 Å². The van der Waals surface area contributed by atoms with Crippen LogP contribution in [0.5, 0.6) is 0 Å². The Hall–Kier alpha value is -1.99. The Balaban J connectivity index is 2.18. The summed E-state index contributed by atoms with van der Waals surface area (Å²) in [7, 11) is -3.63. The monoisotopic (exact) mass is 306 g/mol. The van der Waals surface area contributed by atoms with Crippen LogP contribution in [0, 0.1) is 0 Å². The van der Waals surface area contributed by atoms with Crippen molar-refractivity contribution in [2.45, 2.75) is 31.3 Å². The van der Waals surface area contributed by atoms with Gasteiger partial charge in [0.05, 0.1) is 23.0 Å². The van der Waals surface area contributed by atoms with Crippen molar-refractivity contribution in [1.29, 1.82) is 0 Å². The fourth-order valence-corrected chi connectivity index (χ4v) is 2.81. The second-order valence-corrected chi connectivity index (χ2v) is 6.60. The van der Waals surface area contributed by atoms with Gasteiger partial charge in [0.15, 0.2) is 0 Å². The molecular formula is C14H18N4O2S. The predicted molar refractivity (Wildman–Crippen MR) is 81.3 cm³/mol. The van der Waals surface area contributed by atoms with Gasteiger partial charge < -0.3 is 5.32 Å². The number of rotatable bonds is 6. The highest BCUT2D eigenvalue weighted by molar-refractivity contribution is 7.92. The van der Waals surface area contributed by atoms with Crippen LogP contribution in [0.4, 0.5) is 5.69 Å². The molecule has 0 saturated heterocycles. The molecule has 1 aromatic carbocycles. The Bertz CT molecular complexity index is 687. The number of hydrogen-bond donors (Lipinski definition) is 2. The fourth-order valence-electron chi connectivity index (χ4n) is 1.71. The molecule has 21 heavy (non-hydrogen) atoms. The number of nitrogens with one attached hydrogen (secondary N) is 2. The topological polar surface area (TPSA) is 84.0 Å². The molecule has 0 fully saturated rings. The van der Waals surface area contributed by atoms with Crippen molar-refractivity contribution in [2.24, 2.45) is 0 Å². The molecule has 0 amide bonds. The van der Waals surface area contributed by atoms with Crippen LogP contribution in [-0.4, -0.2) is 24.4 Å². The molecule has 1 aromatic heterocycles.